The highest BCUT2D eigenvalue weighted by Crippen LogP contribution is 2.11. The van der Waals surface area contributed by atoms with E-state index in [0.29, 0.717) is 13.0 Å². The van der Waals surface area contributed by atoms with Crippen LogP contribution in [-0.4, -0.2) is 50.3 Å². The quantitative estimate of drug-likeness (QED) is 0.378. The minimum atomic E-state index is -0.187. The SMILES string of the molecule is C=CCCCCCN1CCOC(CC(=O)OC)C1. The van der Waals surface area contributed by atoms with Crippen LogP contribution < -0.4 is 0 Å². The van der Waals surface area contributed by atoms with E-state index in [1.165, 1.54) is 26.4 Å². The molecule has 1 unspecified atom stereocenters. The molecule has 1 fully saturated rings. The number of morpholine rings is 1. The summed E-state index contributed by atoms with van der Waals surface area (Å²) in [5.41, 5.74) is 0. The Morgan fingerprint density at radius 1 is 1.50 bits per heavy atom. The molecule has 0 N–H and O–H groups in total. The minimum Gasteiger partial charge on any atom is -0.469 e. The first kappa shape index (κ1) is 15.2. The first-order chi connectivity index (χ1) is 8.76. The summed E-state index contributed by atoms with van der Waals surface area (Å²) in [6.45, 7) is 7.35. The number of carbonyl (C=O) groups is 1. The van der Waals surface area contributed by atoms with Crippen molar-refractivity contribution in [1.82, 2.24) is 4.90 Å². The summed E-state index contributed by atoms with van der Waals surface area (Å²) in [6, 6.07) is 0. The molecule has 0 spiro atoms. The number of carbonyl (C=O) groups excluding carboxylic acids is 1. The van der Waals surface area contributed by atoms with Crippen molar-refractivity contribution in [3.63, 3.8) is 0 Å². The molecule has 0 bridgehead atoms. The zero-order chi connectivity index (χ0) is 13.2. The Morgan fingerprint density at radius 3 is 3.06 bits per heavy atom. The Labute approximate surface area is 110 Å². The van der Waals surface area contributed by atoms with Gasteiger partial charge in [-0.15, -0.1) is 6.58 Å². The predicted octanol–water partition coefficient (Wildman–Crippen LogP) is 2.00. The van der Waals surface area contributed by atoms with Gasteiger partial charge in [0.2, 0.25) is 0 Å². The average molecular weight is 255 g/mol. The summed E-state index contributed by atoms with van der Waals surface area (Å²) in [5, 5.41) is 0. The van der Waals surface area contributed by atoms with Gasteiger partial charge in [0.05, 0.1) is 26.2 Å². The van der Waals surface area contributed by atoms with E-state index in [0.717, 1.165) is 26.1 Å². The van der Waals surface area contributed by atoms with Crippen molar-refractivity contribution in [1.29, 1.82) is 0 Å². The molecule has 4 nitrogen and oxygen atoms in total. The van der Waals surface area contributed by atoms with Crippen LogP contribution in [-0.2, 0) is 14.3 Å². The van der Waals surface area contributed by atoms with Crippen LogP contribution in [0.15, 0.2) is 12.7 Å². The Bertz CT molecular complexity index is 255. The molecular weight excluding hydrogens is 230 g/mol. The number of nitrogens with zero attached hydrogens (tertiary/aromatic N) is 1. The molecule has 0 aromatic rings. The Kier molecular flexibility index (Phi) is 7.69. The molecule has 0 amide bonds. The van der Waals surface area contributed by atoms with Crippen molar-refractivity contribution in [2.24, 2.45) is 0 Å². The number of rotatable bonds is 8. The molecule has 1 aliphatic rings. The molecule has 1 rings (SSSR count). The van der Waals surface area contributed by atoms with Gasteiger partial charge in [-0.05, 0) is 25.8 Å². The third kappa shape index (κ3) is 6.17. The van der Waals surface area contributed by atoms with Crippen molar-refractivity contribution < 1.29 is 14.3 Å². The van der Waals surface area contributed by atoms with Crippen LogP contribution in [0.4, 0.5) is 0 Å². The summed E-state index contributed by atoms with van der Waals surface area (Å²) >= 11 is 0. The maximum atomic E-state index is 11.2. The molecule has 18 heavy (non-hydrogen) atoms. The molecule has 1 atom stereocenters. The largest absolute Gasteiger partial charge is 0.469 e. The zero-order valence-corrected chi connectivity index (χ0v) is 11.4. The van der Waals surface area contributed by atoms with E-state index in [2.05, 4.69) is 16.2 Å². The van der Waals surface area contributed by atoms with Gasteiger partial charge in [0, 0.05) is 13.1 Å². The fourth-order valence-electron chi connectivity index (χ4n) is 2.18. The highest BCUT2D eigenvalue weighted by Gasteiger charge is 2.22. The lowest BCUT2D eigenvalue weighted by atomic mass is 10.1. The van der Waals surface area contributed by atoms with E-state index in [-0.39, 0.29) is 12.1 Å². The average Bonchev–Trinajstić information content (AvgIpc) is 2.39. The van der Waals surface area contributed by atoms with Gasteiger partial charge in [-0.2, -0.15) is 0 Å². The van der Waals surface area contributed by atoms with Crippen molar-refractivity contribution in [3.05, 3.63) is 12.7 Å². The molecule has 4 heteroatoms. The van der Waals surface area contributed by atoms with Gasteiger partial charge >= 0.3 is 5.97 Å². The fraction of sp³-hybridized carbons (Fsp3) is 0.786. The normalized spacial score (nSPS) is 20.6. The van der Waals surface area contributed by atoms with Gasteiger partial charge < -0.3 is 9.47 Å². The third-order valence-corrected chi connectivity index (χ3v) is 3.23. The molecule has 0 aliphatic carbocycles. The molecule has 104 valence electrons. The maximum Gasteiger partial charge on any atom is 0.308 e. The van der Waals surface area contributed by atoms with E-state index < -0.39 is 0 Å². The number of unbranched alkanes of at least 4 members (excludes halogenated alkanes) is 3. The van der Waals surface area contributed by atoms with Crippen LogP contribution in [0.2, 0.25) is 0 Å². The van der Waals surface area contributed by atoms with Crippen molar-refractivity contribution in [2.75, 3.05) is 33.4 Å². The van der Waals surface area contributed by atoms with Crippen molar-refractivity contribution in [2.45, 2.75) is 38.2 Å². The minimum absolute atomic E-state index is 0.000579. The second-order valence-corrected chi connectivity index (χ2v) is 4.71. The Hall–Kier alpha value is -0.870. The van der Waals surface area contributed by atoms with Gasteiger partial charge in [-0.3, -0.25) is 9.69 Å². The molecule has 1 saturated heterocycles. The number of hydrogen-bond donors (Lipinski definition) is 0. The van der Waals surface area contributed by atoms with E-state index >= 15 is 0 Å². The van der Waals surface area contributed by atoms with Crippen LogP contribution >= 0.6 is 0 Å². The number of hydrogen-bond acceptors (Lipinski definition) is 4. The number of esters is 1. The molecule has 0 saturated carbocycles. The van der Waals surface area contributed by atoms with Crippen molar-refractivity contribution >= 4 is 5.97 Å². The highest BCUT2D eigenvalue weighted by atomic mass is 16.5. The van der Waals surface area contributed by atoms with E-state index in [1.807, 2.05) is 6.08 Å². The molecule has 1 aliphatic heterocycles. The topological polar surface area (TPSA) is 38.8 Å². The lowest BCUT2D eigenvalue weighted by Crippen LogP contribution is -2.43. The second kappa shape index (κ2) is 9.11. The smallest absolute Gasteiger partial charge is 0.308 e. The van der Waals surface area contributed by atoms with Gasteiger partial charge in [-0.1, -0.05) is 12.5 Å². The van der Waals surface area contributed by atoms with Crippen molar-refractivity contribution in [3.8, 4) is 0 Å². The Morgan fingerprint density at radius 2 is 2.33 bits per heavy atom. The van der Waals surface area contributed by atoms with E-state index in [1.54, 1.807) is 0 Å². The van der Waals surface area contributed by atoms with Crippen LogP contribution in [0.1, 0.15) is 32.1 Å². The zero-order valence-electron chi connectivity index (χ0n) is 11.4. The maximum absolute atomic E-state index is 11.2. The monoisotopic (exact) mass is 255 g/mol. The van der Waals surface area contributed by atoms with Gasteiger partial charge in [0.1, 0.15) is 0 Å². The van der Waals surface area contributed by atoms with Crippen LogP contribution in [0, 0.1) is 0 Å². The molecular formula is C14H25NO3. The predicted molar refractivity (Wildman–Crippen MR) is 71.5 cm³/mol. The summed E-state index contributed by atoms with van der Waals surface area (Å²) in [5.74, 6) is -0.187. The molecule has 1 heterocycles. The summed E-state index contributed by atoms with van der Waals surface area (Å²) in [4.78, 5) is 13.6. The van der Waals surface area contributed by atoms with Crippen LogP contribution in [0.25, 0.3) is 0 Å². The first-order valence-electron chi connectivity index (χ1n) is 6.78. The van der Waals surface area contributed by atoms with Gasteiger partial charge in [0.25, 0.3) is 0 Å². The summed E-state index contributed by atoms with van der Waals surface area (Å²) in [6.07, 6.45) is 7.11. The van der Waals surface area contributed by atoms with E-state index in [4.69, 9.17) is 4.74 Å². The standard InChI is InChI=1S/C14H25NO3/c1-3-4-5-6-7-8-15-9-10-18-13(12-15)11-14(16)17-2/h3,13H,1,4-12H2,2H3. The van der Waals surface area contributed by atoms with Crippen LogP contribution in [0.3, 0.4) is 0 Å². The Balaban J connectivity index is 2.14. The van der Waals surface area contributed by atoms with E-state index in [9.17, 15) is 4.79 Å². The molecule has 0 radical (unpaired) electrons. The summed E-state index contributed by atoms with van der Waals surface area (Å²) < 4.78 is 10.2. The highest BCUT2D eigenvalue weighted by molar-refractivity contribution is 5.69. The first-order valence-corrected chi connectivity index (χ1v) is 6.78. The summed E-state index contributed by atoms with van der Waals surface area (Å²) in [7, 11) is 1.42. The third-order valence-electron chi connectivity index (χ3n) is 3.23. The van der Waals surface area contributed by atoms with Crippen LogP contribution in [0.5, 0.6) is 0 Å². The number of methoxy groups -OCH3 is 1. The molecule has 0 aromatic carbocycles. The second-order valence-electron chi connectivity index (χ2n) is 4.71. The van der Waals surface area contributed by atoms with Gasteiger partial charge in [0.15, 0.2) is 0 Å². The lowest BCUT2D eigenvalue weighted by Gasteiger charge is -2.32. The lowest BCUT2D eigenvalue weighted by molar-refractivity contribution is -0.145. The van der Waals surface area contributed by atoms with Gasteiger partial charge in [-0.25, -0.2) is 0 Å². The number of ether oxygens (including phenoxy) is 2. The molecule has 0 aromatic heterocycles. The fourth-order valence-corrected chi connectivity index (χ4v) is 2.18. The number of allylic oxidation sites excluding steroid dienone is 1.